The highest BCUT2D eigenvalue weighted by Gasteiger charge is 2.40. The van der Waals surface area contributed by atoms with Gasteiger partial charge in [-0.2, -0.15) is 0 Å². The van der Waals surface area contributed by atoms with Gasteiger partial charge in [-0.05, 0) is 51.8 Å². The van der Waals surface area contributed by atoms with Crippen molar-refractivity contribution in [2.45, 2.75) is 57.0 Å². The predicted octanol–water partition coefficient (Wildman–Crippen LogP) is 4.47. The largest absolute Gasteiger partial charge is 0.367 e. The summed E-state index contributed by atoms with van der Waals surface area (Å²) in [7, 11) is -3.74. The summed E-state index contributed by atoms with van der Waals surface area (Å²) in [6.07, 6.45) is 2.81. The van der Waals surface area contributed by atoms with Crippen molar-refractivity contribution < 1.29 is 8.42 Å². The highest BCUT2D eigenvalue weighted by molar-refractivity contribution is 7.92. The number of hydrogen-bond donors (Lipinski definition) is 1. The van der Waals surface area contributed by atoms with Crippen molar-refractivity contribution in [2.75, 3.05) is 9.62 Å². The van der Waals surface area contributed by atoms with Gasteiger partial charge in [-0.3, -0.25) is 0 Å². The maximum atomic E-state index is 13.6. The second-order valence-electron chi connectivity index (χ2n) is 8.65. The minimum absolute atomic E-state index is 0.233. The van der Waals surface area contributed by atoms with Crippen LogP contribution in [0.25, 0.3) is 11.4 Å². The zero-order chi connectivity index (χ0) is 21.8. The molecule has 1 atom stereocenters. The lowest BCUT2D eigenvalue weighted by molar-refractivity contribution is 0.583. The predicted molar refractivity (Wildman–Crippen MR) is 123 cm³/mol. The molecule has 1 unspecified atom stereocenters. The molecule has 1 N–H and O–H groups in total. The fourth-order valence-corrected chi connectivity index (χ4v) is 5.69. The molecule has 2 aliphatic rings. The number of nitrogens with zero attached hydrogens (tertiary/aromatic N) is 3. The maximum absolute atomic E-state index is 13.6. The number of hydrogen-bond acceptors (Lipinski definition) is 5. The molecule has 1 aliphatic heterocycles. The molecule has 3 aromatic rings. The van der Waals surface area contributed by atoms with E-state index in [1.54, 1.807) is 12.1 Å². The van der Waals surface area contributed by atoms with Gasteiger partial charge < -0.3 is 5.32 Å². The molecule has 1 saturated carbocycles. The number of fused-ring (bicyclic) bond motifs is 1. The number of benzene rings is 2. The van der Waals surface area contributed by atoms with Gasteiger partial charge in [0.05, 0.1) is 4.90 Å². The lowest BCUT2D eigenvalue weighted by Gasteiger charge is -2.24. The summed E-state index contributed by atoms with van der Waals surface area (Å²) in [6.45, 7) is 5.90. The third kappa shape index (κ3) is 3.67. The Bertz CT molecular complexity index is 1250. The first kappa shape index (κ1) is 20.0. The zero-order valence-electron chi connectivity index (χ0n) is 18.0. The number of aromatic nitrogens is 2. The first-order valence-electron chi connectivity index (χ1n) is 10.7. The van der Waals surface area contributed by atoms with Crippen LogP contribution >= 0.6 is 0 Å². The van der Waals surface area contributed by atoms with E-state index in [1.165, 1.54) is 4.31 Å². The molecule has 0 bridgehead atoms. The lowest BCUT2D eigenvalue weighted by Crippen LogP contribution is -2.36. The molecule has 0 amide bonds. The molecule has 6 nitrogen and oxygen atoms in total. The summed E-state index contributed by atoms with van der Waals surface area (Å²) in [5.74, 6) is 1.80. The summed E-state index contributed by atoms with van der Waals surface area (Å²) in [6, 6.07) is 15.1. The number of sulfonamides is 1. The van der Waals surface area contributed by atoms with Gasteiger partial charge in [-0.15, -0.1) is 0 Å². The quantitative estimate of drug-likeness (QED) is 0.641. The average molecular weight is 435 g/mol. The van der Waals surface area contributed by atoms with E-state index in [4.69, 9.17) is 9.97 Å². The summed E-state index contributed by atoms with van der Waals surface area (Å²) < 4.78 is 28.7. The van der Waals surface area contributed by atoms with Crippen molar-refractivity contribution in [2.24, 2.45) is 0 Å². The maximum Gasteiger partial charge on any atom is 0.265 e. The summed E-state index contributed by atoms with van der Waals surface area (Å²) >= 11 is 0. The van der Waals surface area contributed by atoms with Crippen molar-refractivity contribution in [1.82, 2.24) is 9.97 Å². The van der Waals surface area contributed by atoms with Crippen molar-refractivity contribution in [3.63, 3.8) is 0 Å². The zero-order valence-corrected chi connectivity index (χ0v) is 18.8. The van der Waals surface area contributed by atoms with Crippen LogP contribution in [-0.4, -0.2) is 30.5 Å². The molecule has 1 aliphatic carbocycles. The van der Waals surface area contributed by atoms with E-state index >= 15 is 0 Å². The SMILES string of the molecule is Cc1ccc(S(=O)(=O)N2c3nc(-c4cccc(C)c4)nc(NC4CC4)c3CC2C)cc1. The van der Waals surface area contributed by atoms with E-state index in [-0.39, 0.29) is 10.9 Å². The van der Waals surface area contributed by atoms with Crippen LogP contribution in [0.1, 0.15) is 36.5 Å². The molecule has 160 valence electrons. The molecule has 31 heavy (non-hydrogen) atoms. The van der Waals surface area contributed by atoms with Gasteiger partial charge in [-0.25, -0.2) is 22.7 Å². The highest BCUT2D eigenvalue weighted by atomic mass is 32.2. The monoisotopic (exact) mass is 434 g/mol. The van der Waals surface area contributed by atoms with Crippen LogP contribution in [0.15, 0.2) is 53.4 Å². The summed E-state index contributed by atoms with van der Waals surface area (Å²) in [4.78, 5) is 9.90. The number of rotatable bonds is 5. The molecule has 2 aromatic carbocycles. The Morgan fingerprint density at radius 2 is 1.74 bits per heavy atom. The van der Waals surface area contributed by atoms with Crippen LogP contribution in [0.5, 0.6) is 0 Å². The fraction of sp³-hybridized carbons (Fsp3) is 0.333. The molecular weight excluding hydrogens is 408 g/mol. The third-order valence-electron chi connectivity index (χ3n) is 5.87. The Kier molecular flexibility index (Phi) is 4.73. The van der Waals surface area contributed by atoms with E-state index in [0.717, 1.165) is 40.9 Å². The smallest absolute Gasteiger partial charge is 0.265 e. The molecule has 7 heteroatoms. The molecule has 0 saturated heterocycles. The topological polar surface area (TPSA) is 75.2 Å². The van der Waals surface area contributed by atoms with E-state index in [1.807, 2.05) is 57.2 Å². The van der Waals surface area contributed by atoms with Crippen molar-refractivity contribution in [3.05, 3.63) is 65.2 Å². The van der Waals surface area contributed by atoms with Gasteiger partial charge in [-0.1, -0.05) is 41.5 Å². The van der Waals surface area contributed by atoms with Crippen LogP contribution in [0.4, 0.5) is 11.6 Å². The van der Waals surface area contributed by atoms with Crippen LogP contribution in [0, 0.1) is 13.8 Å². The van der Waals surface area contributed by atoms with Gasteiger partial charge in [0.1, 0.15) is 5.82 Å². The van der Waals surface area contributed by atoms with Crippen molar-refractivity contribution in [1.29, 1.82) is 0 Å². The van der Waals surface area contributed by atoms with Crippen molar-refractivity contribution in [3.8, 4) is 11.4 Å². The molecular formula is C24H26N4O2S. The Morgan fingerprint density at radius 1 is 1.00 bits per heavy atom. The standard InChI is InChI=1S/C24H26N4O2S/c1-15-7-11-20(12-8-15)31(29,30)28-17(3)14-21-23(25-19-9-10-19)26-22(27-24(21)28)18-6-4-5-16(2)13-18/h4-8,11-13,17,19H,9-10,14H2,1-3H3,(H,25,26,27). The minimum Gasteiger partial charge on any atom is -0.367 e. The van der Waals surface area contributed by atoms with E-state index < -0.39 is 10.0 Å². The van der Waals surface area contributed by atoms with Crippen LogP contribution in [0.3, 0.4) is 0 Å². The first-order valence-corrected chi connectivity index (χ1v) is 12.1. The normalized spacial score (nSPS) is 18.2. The third-order valence-corrected chi connectivity index (χ3v) is 7.78. The second-order valence-corrected chi connectivity index (χ2v) is 10.5. The van der Waals surface area contributed by atoms with E-state index in [0.29, 0.717) is 24.1 Å². The van der Waals surface area contributed by atoms with Gasteiger partial charge in [0, 0.05) is 29.6 Å². The van der Waals surface area contributed by atoms with E-state index in [2.05, 4.69) is 5.32 Å². The molecule has 0 radical (unpaired) electrons. The molecule has 2 heterocycles. The van der Waals surface area contributed by atoms with Crippen molar-refractivity contribution >= 4 is 21.7 Å². The van der Waals surface area contributed by atoms with Gasteiger partial charge in [0.15, 0.2) is 11.6 Å². The molecule has 0 spiro atoms. The Balaban J connectivity index is 1.66. The van der Waals surface area contributed by atoms with E-state index in [9.17, 15) is 8.42 Å². The minimum atomic E-state index is -3.74. The highest BCUT2D eigenvalue weighted by Crippen LogP contribution is 2.41. The van der Waals surface area contributed by atoms with Gasteiger partial charge in [0.25, 0.3) is 10.0 Å². The lowest BCUT2D eigenvalue weighted by atomic mass is 10.1. The van der Waals surface area contributed by atoms with Gasteiger partial charge >= 0.3 is 0 Å². The summed E-state index contributed by atoms with van der Waals surface area (Å²) in [5, 5.41) is 3.51. The molecule has 1 fully saturated rings. The average Bonchev–Trinajstić information content (AvgIpc) is 3.47. The fourth-order valence-electron chi connectivity index (χ4n) is 4.06. The number of nitrogens with one attached hydrogen (secondary N) is 1. The number of aryl methyl sites for hydroxylation is 2. The van der Waals surface area contributed by atoms with Gasteiger partial charge in [0.2, 0.25) is 0 Å². The first-order chi connectivity index (χ1) is 14.8. The van der Waals surface area contributed by atoms with Crippen LogP contribution in [-0.2, 0) is 16.4 Å². The molecule has 1 aromatic heterocycles. The Morgan fingerprint density at radius 3 is 2.42 bits per heavy atom. The van der Waals surface area contributed by atoms with Crippen LogP contribution < -0.4 is 9.62 Å². The number of anilines is 2. The Hall–Kier alpha value is -2.93. The van der Waals surface area contributed by atoms with Crippen LogP contribution in [0.2, 0.25) is 0 Å². The Labute approximate surface area is 183 Å². The molecule has 5 rings (SSSR count). The summed E-state index contributed by atoms with van der Waals surface area (Å²) in [5.41, 5.74) is 3.89. The second kappa shape index (κ2) is 7.34.